The van der Waals surface area contributed by atoms with Gasteiger partial charge >= 0.3 is 0 Å². The zero-order valence-electron chi connectivity index (χ0n) is 21.3. The van der Waals surface area contributed by atoms with Gasteiger partial charge in [0.1, 0.15) is 0 Å². The first-order valence-corrected chi connectivity index (χ1v) is 14.4. The lowest BCUT2D eigenvalue weighted by Crippen LogP contribution is -2.43. The van der Waals surface area contributed by atoms with Crippen molar-refractivity contribution in [3.63, 3.8) is 0 Å². The van der Waals surface area contributed by atoms with Gasteiger partial charge in [0, 0.05) is 0 Å². The molecule has 2 atom stereocenters. The standard InChI is InChI=1S/C24H46O9S/c1-21-16-22-18-23(17-21)20-24(2,19-22)32-14-12-30-10-8-28-6-4-27-5-7-29-9-11-31-13-15-33-34(3,25)26/h21-23H,4-20H2,1-3H3. The van der Waals surface area contributed by atoms with E-state index in [4.69, 9.17) is 28.4 Å². The summed E-state index contributed by atoms with van der Waals surface area (Å²) in [6.45, 7) is 10.0. The first-order valence-electron chi connectivity index (χ1n) is 12.6. The maximum Gasteiger partial charge on any atom is 0.264 e. The Kier molecular flexibility index (Phi) is 14.4. The van der Waals surface area contributed by atoms with Gasteiger partial charge < -0.3 is 28.4 Å². The molecule has 2 bridgehead atoms. The Bertz CT molecular complexity index is 610. The molecule has 202 valence electrons. The van der Waals surface area contributed by atoms with E-state index in [9.17, 15) is 8.42 Å². The molecule has 9 nitrogen and oxygen atoms in total. The van der Waals surface area contributed by atoms with Gasteiger partial charge in [0.2, 0.25) is 0 Å². The van der Waals surface area contributed by atoms with Crippen molar-refractivity contribution in [3.8, 4) is 0 Å². The zero-order chi connectivity index (χ0) is 24.7. The van der Waals surface area contributed by atoms with Crippen molar-refractivity contribution in [2.75, 3.05) is 85.5 Å². The third-order valence-corrected chi connectivity index (χ3v) is 6.87. The Morgan fingerprint density at radius 3 is 1.44 bits per heavy atom. The van der Waals surface area contributed by atoms with Crippen molar-refractivity contribution in [2.24, 2.45) is 17.8 Å². The third kappa shape index (κ3) is 14.3. The van der Waals surface area contributed by atoms with Crippen LogP contribution in [0.15, 0.2) is 0 Å². The minimum absolute atomic E-state index is 0.0143. The van der Waals surface area contributed by atoms with Crippen LogP contribution in [0, 0.1) is 17.8 Å². The molecule has 0 aromatic heterocycles. The number of hydrogen-bond acceptors (Lipinski definition) is 9. The molecule has 0 radical (unpaired) electrons. The second-order valence-corrected chi connectivity index (χ2v) is 11.5. The van der Waals surface area contributed by atoms with Crippen LogP contribution in [0.25, 0.3) is 0 Å². The second kappa shape index (κ2) is 16.4. The minimum atomic E-state index is -3.41. The quantitative estimate of drug-likeness (QED) is 0.181. The molecule has 2 unspecified atom stereocenters. The van der Waals surface area contributed by atoms with E-state index in [1.165, 1.54) is 32.1 Å². The molecule has 0 aliphatic heterocycles. The molecule has 0 N–H and O–H groups in total. The summed E-state index contributed by atoms with van der Waals surface area (Å²) < 4.78 is 59.5. The van der Waals surface area contributed by atoms with Crippen LogP contribution in [0.3, 0.4) is 0 Å². The number of rotatable bonds is 20. The maximum absolute atomic E-state index is 10.8. The Morgan fingerprint density at radius 1 is 0.647 bits per heavy atom. The average Bonchev–Trinajstić information content (AvgIpc) is 2.73. The van der Waals surface area contributed by atoms with Gasteiger partial charge in [-0.3, -0.25) is 4.18 Å². The molecule has 2 fully saturated rings. The van der Waals surface area contributed by atoms with Crippen LogP contribution in [0.1, 0.15) is 46.0 Å². The summed E-state index contributed by atoms with van der Waals surface area (Å²) in [5, 5.41) is 0. The maximum atomic E-state index is 10.8. The van der Waals surface area contributed by atoms with Crippen LogP contribution < -0.4 is 0 Å². The fraction of sp³-hybridized carbons (Fsp3) is 1.00. The van der Waals surface area contributed by atoms with E-state index in [1.54, 1.807) is 0 Å². The van der Waals surface area contributed by atoms with E-state index in [0.29, 0.717) is 66.1 Å². The van der Waals surface area contributed by atoms with E-state index < -0.39 is 10.1 Å². The van der Waals surface area contributed by atoms with E-state index in [0.717, 1.165) is 24.0 Å². The number of ether oxygens (including phenoxy) is 6. The molecule has 0 aromatic carbocycles. The summed E-state index contributed by atoms with van der Waals surface area (Å²) in [5.74, 6) is 2.56. The summed E-state index contributed by atoms with van der Waals surface area (Å²) in [6.07, 6.45) is 7.52. The molecular formula is C24H46O9S. The molecular weight excluding hydrogens is 464 g/mol. The summed E-state index contributed by atoms with van der Waals surface area (Å²) >= 11 is 0. The molecule has 0 amide bonds. The van der Waals surface area contributed by atoms with Crippen LogP contribution >= 0.6 is 0 Å². The Hall–Kier alpha value is -0.330. The van der Waals surface area contributed by atoms with Gasteiger partial charge in [-0.25, -0.2) is 0 Å². The molecule has 10 heteroatoms. The monoisotopic (exact) mass is 510 g/mol. The summed E-state index contributed by atoms with van der Waals surface area (Å²) in [7, 11) is -3.41. The molecule has 2 rings (SSSR count). The van der Waals surface area contributed by atoms with Gasteiger partial charge in [-0.2, -0.15) is 8.42 Å². The van der Waals surface area contributed by atoms with Crippen molar-refractivity contribution >= 4 is 10.1 Å². The fourth-order valence-electron chi connectivity index (χ4n) is 5.23. The van der Waals surface area contributed by atoms with Crippen molar-refractivity contribution in [3.05, 3.63) is 0 Å². The van der Waals surface area contributed by atoms with E-state index >= 15 is 0 Å². The molecule has 0 saturated heterocycles. The second-order valence-electron chi connectivity index (χ2n) is 9.84. The molecule has 2 aliphatic carbocycles. The lowest BCUT2D eigenvalue weighted by atomic mass is 9.64. The highest BCUT2D eigenvalue weighted by Crippen LogP contribution is 2.47. The zero-order valence-corrected chi connectivity index (χ0v) is 22.2. The smallest absolute Gasteiger partial charge is 0.264 e. The largest absolute Gasteiger partial charge is 0.377 e. The Balaban J connectivity index is 1.28. The number of fused-ring (bicyclic) bond motifs is 2. The van der Waals surface area contributed by atoms with Crippen molar-refractivity contribution in [1.29, 1.82) is 0 Å². The third-order valence-electron chi connectivity index (χ3n) is 6.27. The van der Waals surface area contributed by atoms with Crippen LogP contribution in [0.4, 0.5) is 0 Å². The highest BCUT2D eigenvalue weighted by molar-refractivity contribution is 7.85. The predicted octanol–water partition coefficient (Wildman–Crippen LogP) is 2.67. The normalized spacial score (nSPS) is 27.2. The predicted molar refractivity (Wildman–Crippen MR) is 128 cm³/mol. The van der Waals surface area contributed by atoms with Crippen LogP contribution in [-0.2, 0) is 42.7 Å². The highest BCUT2D eigenvalue weighted by atomic mass is 32.2. The topological polar surface area (TPSA) is 98.8 Å². The highest BCUT2D eigenvalue weighted by Gasteiger charge is 2.41. The van der Waals surface area contributed by atoms with E-state index in [1.807, 2.05) is 0 Å². The molecule has 2 aliphatic rings. The molecule has 34 heavy (non-hydrogen) atoms. The minimum Gasteiger partial charge on any atom is -0.377 e. The molecule has 0 spiro atoms. The van der Waals surface area contributed by atoms with Gasteiger partial charge in [-0.1, -0.05) is 6.92 Å². The lowest BCUT2D eigenvalue weighted by molar-refractivity contribution is -0.113. The van der Waals surface area contributed by atoms with Crippen molar-refractivity contribution in [2.45, 2.75) is 51.6 Å². The Morgan fingerprint density at radius 2 is 1.03 bits per heavy atom. The van der Waals surface area contributed by atoms with Gasteiger partial charge in [0.05, 0.1) is 91.1 Å². The molecule has 2 saturated carbocycles. The number of hydrogen-bond donors (Lipinski definition) is 0. The first-order chi connectivity index (χ1) is 16.3. The van der Waals surface area contributed by atoms with Gasteiger partial charge in [-0.15, -0.1) is 0 Å². The Labute approximate surface area is 206 Å². The van der Waals surface area contributed by atoms with Gasteiger partial charge in [0.15, 0.2) is 0 Å². The summed E-state index contributed by atoms with van der Waals surface area (Å²) in [5.41, 5.74) is 0.0244. The van der Waals surface area contributed by atoms with Gasteiger partial charge in [-0.05, 0) is 56.8 Å². The van der Waals surface area contributed by atoms with Crippen molar-refractivity contribution < 1.29 is 41.0 Å². The van der Waals surface area contributed by atoms with Gasteiger partial charge in [0.25, 0.3) is 10.1 Å². The van der Waals surface area contributed by atoms with Crippen molar-refractivity contribution in [1.82, 2.24) is 0 Å². The van der Waals surface area contributed by atoms with Crippen LogP contribution in [0.2, 0.25) is 0 Å². The van der Waals surface area contributed by atoms with E-state index in [2.05, 4.69) is 18.0 Å². The lowest BCUT2D eigenvalue weighted by Gasteiger charge is -2.47. The fourth-order valence-corrected chi connectivity index (χ4v) is 5.60. The average molecular weight is 511 g/mol. The van der Waals surface area contributed by atoms with E-state index in [-0.39, 0.29) is 18.8 Å². The summed E-state index contributed by atoms with van der Waals surface area (Å²) in [4.78, 5) is 0. The van der Waals surface area contributed by atoms with Crippen LogP contribution in [-0.4, -0.2) is 99.6 Å². The molecule has 0 aromatic rings. The summed E-state index contributed by atoms with van der Waals surface area (Å²) in [6, 6.07) is 0. The van der Waals surface area contributed by atoms with Crippen LogP contribution in [0.5, 0.6) is 0 Å². The SMILES string of the molecule is CC1CC2CC(C1)CC(C)(OCCOCCOCCOCCOCCOCCOS(C)(=O)=O)C2. The first kappa shape index (κ1) is 29.9. The molecule has 0 heterocycles.